The molecule has 0 aliphatic heterocycles. The van der Waals surface area contributed by atoms with Crippen molar-refractivity contribution in [2.75, 3.05) is 6.54 Å². The molecule has 0 atom stereocenters. The number of fused-ring (bicyclic) bond motifs is 2. The van der Waals surface area contributed by atoms with Crippen LogP contribution < -0.4 is 5.32 Å². The van der Waals surface area contributed by atoms with Gasteiger partial charge >= 0.3 is 0 Å². The van der Waals surface area contributed by atoms with Crippen LogP contribution in [-0.2, 0) is 24.7 Å². The quantitative estimate of drug-likeness (QED) is 0.527. The Kier molecular flexibility index (Phi) is 4.92. The number of para-hydroxylation sites is 3. The molecule has 2 heterocycles. The number of imidazole rings is 1. The molecule has 5 nitrogen and oxygen atoms in total. The summed E-state index contributed by atoms with van der Waals surface area (Å²) in [6.07, 6.45) is 5.19. The maximum absolute atomic E-state index is 12.1. The van der Waals surface area contributed by atoms with Gasteiger partial charge in [0.15, 0.2) is 0 Å². The second-order valence-corrected chi connectivity index (χ2v) is 6.94. The van der Waals surface area contributed by atoms with Crippen LogP contribution in [0, 0.1) is 0 Å². The van der Waals surface area contributed by atoms with Crippen LogP contribution in [0.2, 0.25) is 0 Å². The minimum absolute atomic E-state index is 0.103. The Morgan fingerprint density at radius 2 is 1.93 bits per heavy atom. The number of carbonyl (C=O) groups is 1. The molecule has 4 aromatic rings. The maximum atomic E-state index is 12.1. The normalized spacial score (nSPS) is 11.3. The van der Waals surface area contributed by atoms with Gasteiger partial charge in [-0.1, -0.05) is 30.3 Å². The van der Waals surface area contributed by atoms with Crippen LogP contribution in [0.3, 0.4) is 0 Å². The number of hydrogen-bond donors (Lipinski definition) is 2. The smallest absolute Gasteiger partial charge is 0.220 e. The third-order valence-corrected chi connectivity index (χ3v) is 4.95. The predicted octanol–water partition coefficient (Wildman–Crippen LogP) is 3.74. The Balaban J connectivity index is 1.23. The average molecular weight is 360 g/mol. The van der Waals surface area contributed by atoms with Gasteiger partial charge in [-0.3, -0.25) is 4.79 Å². The van der Waals surface area contributed by atoms with E-state index in [0.717, 1.165) is 29.7 Å². The van der Waals surface area contributed by atoms with E-state index in [1.54, 1.807) is 0 Å². The molecule has 0 unspecified atom stereocenters. The van der Waals surface area contributed by atoms with Crippen molar-refractivity contribution in [1.82, 2.24) is 19.9 Å². The largest absolute Gasteiger partial charge is 0.356 e. The highest BCUT2D eigenvalue weighted by atomic mass is 16.1. The SMILES string of the molecule is Cn1cc(CCCC(=O)NCCc2nc3ccccc3[nH]2)c2ccccc21. The molecule has 2 aromatic carbocycles. The van der Waals surface area contributed by atoms with E-state index in [4.69, 9.17) is 0 Å². The molecule has 0 fully saturated rings. The molecule has 0 radical (unpaired) electrons. The molecule has 0 saturated heterocycles. The molecule has 0 aliphatic rings. The molecule has 0 spiro atoms. The first kappa shape index (κ1) is 17.3. The van der Waals surface area contributed by atoms with Crippen molar-refractivity contribution in [3.05, 3.63) is 66.1 Å². The predicted molar refractivity (Wildman–Crippen MR) is 109 cm³/mol. The lowest BCUT2D eigenvalue weighted by Gasteiger charge is -2.04. The summed E-state index contributed by atoms with van der Waals surface area (Å²) in [6.45, 7) is 0.604. The monoisotopic (exact) mass is 360 g/mol. The number of amides is 1. The van der Waals surface area contributed by atoms with Gasteiger partial charge in [-0.05, 0) is 36.6 Å². The van der Waals surface area contributed by atoms with Gasteiger partial charge in [0, 0.05) is 43.5 Å². The third-order valence-electron chi connectivity index (χ3n) is 4.95. The molecular formula is C22H24N4O. The van der Waals surface area contributed by atoms with Gasteiger partial charge in [0.05, 0.1) is 11.0 Å². The Bertz CT molecular complexity index is 1040. The Morgan fingerprint density at radius 3 is 2.81 bits per heavy atom. The topological polar surface area (TPSA) is 62.7 Å². The second kappa shape index (κ2) is 7.66. The molecule has 1 amide bonds. The maximum Gasteiger partial charge on any atom is 0.220 e. The average Bonchev–Trinajstić information content (AvgIpc) is 3.23. The molecule has 4 rings (SSSR count). The highest BCUT2D eigenvalue weighted by molar-refractivity contribution is 5.84. The molecule has 0 saturated carbocycles. The van der Waals surface area contributed by atoms with Crippen LogP contribution >= 0.6 is 0 Å². The molecule has 0 aliphatic carbocycles. The lowest BCUT2D eigenvalue weighted by Crippen LogP contribution is -2.25. The van der Waals surface area contributed by atoms with Gasteiger partial charge in [0.1, 0.15) is 5.82 Å². The van der Waals surface area contributed by atoms with E-state index in [1.807, 2.05) is 24.3 Å². The van der Waals surface area contributed by atoms with Crippen LogP contribution in [0.1, 0.15) is 24.2 Å². The number of nitrogens with one attached hydrogen (secondary N) is 2. The van der Waals surface area contributed by atoms with Crippen molar-refractivity contribution < 1.29 is 4.79 Å². The number of aromatic amines is 1. The molecule has 5 heteroatoms. The summed E-state index contributed by atoms with van der Waals surface area (Å²) in [5.41, 5.74) is 4.55. The second-order valence-electron chi connectivity index (χ2n) is 6.94. The third kappa shape index (κ3) is 3.87. The number of benzene rings is 2. The number of aromatic nitrogens is 3. The first-order valence-electron chi connectivity index (χ1n) is 9.44. The van der Waals surface area contributed by atoms with Crippen LogP contribution in [0.25, 0.3) is 21.9 Å². The molecule has 27 heavy (non-hydrogen) atoms. The zero-order chi connectivity index (χ0) is 18.6. The number of H-pyrrole nitrogens is 1. The fourth-order valence-corrected chi connectivity index (χ4v) is 3.60. The molecule has 0 bridgehead atoms. The summed E-state index contributed by atoms with van der Waals surface area (Å²) < 4.78 is 2.15. The van der Waals surface area contributed by atoms with Crippen molar-refractivity contribution in [2.24, 2.45) is 7.05 Å². The van der Waals surface area contributed by atoms with Crippen LogP contribution in [0.4, 0.5) is 0 Å². The lowest BCUT2D eigenvalue weighted by molar-refractivity contribution is -0.121. The van der Waals surface area contributed by atoms with E-state index in [0.29, 0.717) is 19.4 Å². The minimum Gasteiger partial charge on any atom is -0.356 e. The first-order valence-corrected chi connectivity index (χ1v) is 9.44. The zero-order valence-corrected chi connectivity index (χ0v) is 15.5. The number of rotatable bonds is 7. The van der Waals surface area contributed by atoms with E-state index >= 15 is 0 Å². The lowest BCUT2D eigenvalue weighted by atomic mass is 10.1. The van der Waals surface area contributed by atoms with E-state index in [2.05, 4.69) is 57.4 Å². The fourth-order valence-electron chi connectivity index (χ4n) is 3.60. The van der Waals surface area contributed by atoms with Crippen LogP contribution in [0.5, 0.6) is 0 Å². The van der Waals surface area contributed by atoms with Gasteiger partial charge in [-0.15, -0.1) is 0 Å². The Morgan fingerprint density at radius 1 is 1.11 bits per heavy atom. The highest BCUT2D eigenvalue weighted by Gasteiger charge is 2.08. The van der Waals surface area contributed by atoms with Gasteiger partial charge in [-0.2, -0.15) is 0 Å². The van der Waals surface area contributed by atoms with Crippen LogP contribution in [0.15, 0.2) is 54.7 Å². The Hall–Kier alpha value is -3.08. The Labute approximate surface area is 158 Å². The number of carbonyl (C=O) groups excluding carboxylic acids is 1. The van der Waals surface area contributed by atoms with E-state index in [9.17, 15) is 4.79 Å². The van der Waals surface area contributed by atoms with Gasteiger partial charge in [-0.25, -0.2) is 4.98 Å². The van der Waals surface area contributed by atoms with Crippen molar-refractivity contribution >= 4 is 27.8 Å². The highest BCUT2D eigenvalue weighted by Crippen LogP contribution is 2.21. The van der Waals surface area contributed by atoms with Crippen molar-refractivity contribution in [3.8, 4) is 0 Å². The summed E-state index contributed by atoms with van der Waals surface area (Å²) in [4.78, 5) is 19.9. The number of aryl methyl sites for hydroxylation is 2. The first-order chi connectivity index (χ1) is 13.2. The van der Waals surface area contributed by atoms with Crippen LogP contribution in [-0.4, -0.2) is 27.0 Å². The van der Waals surface area contributed by atoms with Crippen molar-refractivity contribution in [2.45, 2.75) is 25.7 Å². The summed E-state index contributed by atoms with van der Waals surface area (Å²) in [7, 11) is 2.07. The van der Waals surface area contributed by atoms with Gasteiger partial charge in [0.2, 0.25) is 5.91 Å². The molecule has 138 valence electrons. The number of nitrogens with zero attached hydrogens (tertiary/aromatic N) is 2. The fraction of sp³-hybridized carbons (Fsp3) is 0.273. The van der Waals surface area contributed by atoms with E-state index < -0.39 is 0 Å². The summed E-state index contributed by atoms with van der Waals surface area (Å²) in [5.74, 6) is 1.01. The molecule has 2 aromatic heterocycles. The van der Waals surface area contributed by atoms with E-state index in [1.165, 1.54) is 16.5 Å². The standard InChI is InChI=1S/C22H24N4O/c1-26-15-16(17-8-2-5-11-20(17)26)7-6-12-22(27)23-14-13-21-24-18-9-3-4-10-19(18)25-21/h2-5,8-11,15H,6-7,12-14H2,1H3,(H,23,27)(H,24,25). The van der Waals surface area contributed by atoms with E-state index in [-0.39, 0.29) is 5.91 Å². The van der Waals surface area contributed by atoms with Gasteiger partial charge < -0.3 is 14.9 Å². The van der Waals surface area contributed by atoms with Crippen molar-refractivity contribution in [3.63, 3.8) is 0 Å². The molecule has 2 N–H and O–H groups in total. The summed E-state index contributed by atoms with van der Waals surface area (Å²) in [6, 6.07) is 16.4. The number of hydrogen-bond acceptors (Lipinski definition) is 2. The zero-order valence-electron chi connectivity index (χ0n) is 15.5. The summed E-state index contributed by atoms with van der Waals surface area (Å²) >= 11 is 0. The minimum atomic E-state index is 0.103. The molecular weight excluding hydrogens is 336 g/mol. The summed E-state index contributed by atoms with van der Waals surface area (Å²) in [5, 5.41) is 4.28. The van der Waals surface area contributed by atoms with Gasteiger partial charge in [0.25, 0.3) is 0 Å². The van der Waals surface area contributed by atoms with Crippen molar-refractivity contribution in [1.29, 1.82) is 0 Å².